The Kier molecular flexibility index (Phi) is 6.40. The Bertz CT molecular complexity index is 937. The molecule has 3 rings (SSSR count). The minimum Gasteiger partial charge on any atom is -0.336 e. The molecule has 0 N–H and O–H groups in total. The van der Waals surface area contributed by atoms with Gasteiger partial charge in [0, 0.05) is 57.4 Å². The van der Waals surface area contributed by atoms with Crippen LogP contribution in [0.4, 0.5) is 0 Å². The van der Waals surface area contributed by atoms with Crippen molar-refractivity contribution in [2.75, 3.05) is 40.3 Å². The van der Waals surface area contributed by atoms with Gasteiger partial charge in [-0.3, -0.25) is 9.69 Å². The van der Waals surface area contributed by atoms with Crippen LogP contribution in [0.2, 0.25) is 5.02 Å². The van der Waals surface area contributed by atoms with E-state index in [1.54, 1.807) is 12.1 Å². The zero-order chi connectivity index (χ0) is 20.3. The highest BCUT2D eigenvalue weighted by Gasteiger charge is 2.23. The standard InChI is InChI=1S/C20H24ClN3O3S/c1-22(2)28(26,27)19-8-6-17(7-9-19)20(25)24-12-10-23(11-13-24)15-16-4-3-5-18(21)14-16/h3-9,14H,10-13,15H2,1-2H3. The van der Waals surface area contributed by atoms with Crippen LogP contribution in [0.15, 0.2) is 53.4 Å². The van der Waals surface area contributed by atoms with Crippen molar-refractivity contribution < 1.29 is 13.2 Å². The lowest BCUT2D eigenvalue weighted by Crippen LogP contribution is -2.48. The Labute approximate surface area is 171 Å². The van der Waals surface area contributed by atoms with Crippen molar-refractivity contribution in [2.24, 2.45) is 0 Å². The lowest BCUT2D eigenvalue weighted by molar-refractivity contribution is 0.0628. The molecular formula is C20H24ClN3O3S. The Balaban J connectivity index is 1.59. The van der Waals surface area contributed by atoms with Gasteiger partial charge < -0.3 is 4.90 Å². The molecule has 0 spiro atoms. The van der Waals surface area contributed by atoms with Gasteiger partial charge in [-0.2, -0.15) is 0 Å². The van der Waals surface area contributed by atoms with Crippen molar-refractivity contribution in [3.05, 3.63) is 64.7 Å². The fourth-order valence-electron chi connectivity index (χ4n) is 3.17. The van der Waals surface area contributed by atoms with Gasteiger partial charge in [-0.05, 0) is 42.0 Å². The van der Waals surface area contributed by atoms with Crippen molar-refractivity contribution in [1.82, 2.24) is 14.1 Å². The maximum atomic E-state index is 12.7. The molecule has 0 atom stereocenters. The molecule has 1 aliphatic heterocycles. The van der Waals surface area contributed by atoms with Gasteiger partial charge >= 0.3 is 0 Å². The number of benzene rings is 2. The lowest BCUT2D eigenvalue weighted by Gasteiger charge is -2.34. The largest absolute Gasteiger partial charge is 0.336 e. The van der Waals surface area contributed by atoms with Gasteiger partial charge in [-0.25, -0.2) is 12.7 Å². The maximum Gasteiger partial charge on any atom is 0.253 e. The molecule has 1 amide bonds. The minimum atomic E-state index is -3.49. The number of piperazine rings is 1. The molecule has 2 aromatic carbocycles. The summed E-state index contributed by atoms with van der Waals surface area (Å²) in [5, 5.41) is 0.728. The number of hydrogen-bond acceptors (Lipinski definition) is 4. The van der Waals surface area contributed by atoms with Crippen LogP contribution in [-0.4, -0.2) is 68.7 Å². The lowest BCUT2D eigenvalue weighted by atomic mass is 10.1. The van der Waals surface area contributed by atoms with Crippen LogP contribution in [0.5, 0.6) is 0 Å². The maximum absolute atomic E-state index is 12.7. The summed E-state index contributed by atoms with van der Waals surface area (Å²) in [5.41, 5.74) is 1.66. The van der Waals surface area contributed by atoms with Crippen LogP contribution < -0.4 is 0 Å². The van der Waals surface area contributed by atoms with E-state index < -0.39 is 10.0 Å². The van der Waals surface area contributed by atoms with Gasteiger partial charge in [-0.1, -0.05) is 23.7 Å². The fourth-order valence-corrected chi connectivity index (χ4v) is 4.28. The van der Waals surface area contributed by atoms with E-state index in [0.717, 1.165) is 34.5 Å². The quantitative estimate of drug-likeness (QED) is 0.744. The average Bonchev–Trinajstić information content (AvgIpc) is 2.68. The summed E-state index contributed by atoms with van der Waals surface area (Å²) in [4.78, 5) is 17.0. The first kappa shape index (κ1) is 20.8. The molecule has 0 unspecified atom stereocenters. The van der Waals surface area contributed by atoms with Crippen LogP contribution in [-0.2, 0) is 16.6 Å². The number of sulfonamides is 1. The first-order valence-electron chi connectivity index (χ1n) is 9.06. The summed E-state index contributed by atoms with van der Waals surface area (Å²) in [6.45, 7) is 3.64. The first-order chi connectivity index (χ1) is 13.3. The molecule has 1 heterocycles. The van der Waals surface area contributed by atoms with E-state index in [2.05, 4.69) is 4.90 Å². The highest BCUT2D eigenvalue weighted by Crippen LogP contribution is 2.17. The van der Waals surface area contributed by atoms with Crippen molar-refractivity contribution in [3.8, 4) is 0 Å². The zero-order valence-electron chi connectivity index (χ0n) is 16.0. The Morgan fingerprint density at radius 1 is 1.04 bits per heavy atom. The number of carbonyl (C=O) groups is 1. The second-order valence-corrected chi connectivity index (χ2v) is 9.60. The predicted octanol–water partition coefficient (Wildman–Crippen LogP) is 2.55. The van der Waals surface area contributed by atoms with E-state index in [1.165, 1.54) is 26.2 Å². The number of nitrogens with zero attached hydrogens (tertiary/aromatic N) is 3. The second-order valence-electron chi connectivity index (χ2n) is 7.01. The van der Waals surface area contributed by atoms with Gasteiger partial charge in [0.25, 0.3) is 5.91 Å². The molecule has 1 fully saturated rings. The molecule has 0 radical (unpaired) electrons. The molecular weight excluding hydrogens is 398 g/mol. The second kappa shape index (κ2) is 8.61. The van der Waals surface area contributed by atoms with Crippen molar-refractivity contribution in [1.29, 1.82) is 0 Å². The van der Waals surface area contributed by atoms with Gasteiger partial charge in [0.15, 0.2) is 0 Å². The Hall–Kier alpha value is -1.93. The van der Waals surface area contributed by atoms with E-state index in [4.69, 9.17) is 11.6 Å². The molecule has 0 aromatic heterocycles. The average molecular weight is 422 g/mol. The van der Waals surface area contributed by atoms with Crippen molar-refractivity contribution >= 4 is 27.5 Å². The summed E-state index contributed by atoms with van der Waals surface area (Å²) in [6, 6.07) is 13.9. The number of carbonyl (C=O) groups excluding carboxylic acids is 1. The highest BCUT2D eigenvalue weighted by molar-refractivity contribution is 7.89. The monoisotopic (exact) mass is 421 g/mol. The van der Waals surface area contributed by atoms with E-state index >= 15 is 0 Å². The van der Waals surface area contributed by atoms with Gasteiger partial charge in [-0.15, -0.1) is 0 Å². The molecule has 28 heavy (non-hydrogen) atoms. The molecule has 150 valence electrons. The van der Waals surface area contributed by atoms with Crippen LogP contribution >= 0.6 is 11.6 Å². The molecule has 8 heteroatoms. The van der Waals surface area contributed by atoms with Gasteiger partial charge in [0.05, 0.1) is 4.90 Å². The third-order valence-corrected chi connectivity index (χ3v) is 6.90. The highest BCUT2D eigenvalue weighted by atomic mass is 35.5. The molecule has 0 aliphatic carbocycles. The summed E-state index contributed by atoms with van der Waals surface area (Å²) in [6.07, 6.45) is 0. The third-order valence-electron chi connectivity index (χ3n) is 4.83. The molecule has 2 aromatic rings. The fraction of sp³-hybridized carbons (Fsp3) is 0.350. The molecule has 1 aliphatic rings. The summed E-state index contributed by atoms with van der Waals surface area (Å²) in [7, 11) is -0.525. The third kappa shape index (κ3) is 4.72. The van der Waals surface area contributed by atoms with E-state index in [9.17, 15) is 13.2 Å². The summed E-state index contributed by atoms with van der Waals surface area (Å²) in [5.74, 6) is -0.0730. The number of hydrogen-bond donors (Lipinski definition) is 0. The number of halogens is 1. The Morgan fingerprint density at radius 3 is 2.25 bits per heavy atom. The van der Waals surface area contributed by atoms with Crippen LogP contribution in [0.1, 0.15) is 15.9 Å². The van der Waals surface area contributed by atoms with Crippen LogP contribution in [0.3, 0.4) is 0 Å². The molecule has 0 bridgehead atoms. The number of rotatable bonds is 5. The van der Waals surface area contributed by atoms with Gasteiger partial charge in [0.2, 0.25) is 10.0 Å². The SMILES string of the molecule is CN(C)S(=O)(=O)c1ccc(C(=O)N2CCN(Cc3cccc(Cl)c3)CC2)cc1. The normalized spacial score (nSPS) is 15.8. The molecule has 1 saturated heterocycles. The topological polar surface area (TPSA) is 60.9 Å². The van der Waals surface area contributed by atoms with Gasteiger partial charge in [0.1, 0.15) is 0 Å². The van der Waals surface area contributed by atoms with E-state index in [1.807, 2.05) is 29.2 Å². The van der Waals surface area contributed by atoms with Crippen molar-refractivity contribution in [3.63, 3.8) is 0 Å². The van der Waals surface area contributed by atoms with E-state index in [0.29, 0.717) is 18.7 Å². The smallest absolute Gasteiger partial charge is 0.253 e. The molecule has 6 nitrogen and oxygen atoms in total. The zero-order valence-corrected chi connectivity index (χ0v) is 17.6. The van der Waals surface area contributed by atoms with E-state index in [-0.39, 0.29) is 10.8 Å². The molecule has 0 saturated carbocycles. The first-order valence-corrected chi connectivity index (χ1v) is 10.9. The number of amides is 1. The summed E-state index contributed by atoms with van der Waals surface area (Å²) < 4.78 is 25.4. The van der Waals surface area contributed by atoms with Crippen LogP contribution in [0, 0.1) is 0 Å². The minimum absolute atomic E-state index is 0.0730. The van der Waals surface area contributed by atoms with Crippen LogP contribution in [0.25, 0.3) is 0 Å². The van der Waals surface area contributed by atoms with Crippen molar-refractivity contribution in [2.45, 2.75) is 11.4 Å². The summed E-state index contributed by atoms with van der Waals surface area (Å²) >= 11 is 6.04. The Morgan fingerprint density at radius 2 is 1.68 bits per heavy atom. The predicted molar refractivity (Wildman–Crippen MR) is 110 cm³/mol.